The molecule has 0 aromatic carbocycles. The predicted molar refractivity (Wildman–Crippen MR) is 80.5 cm³/mol. The molecule has 2 heterocycles. The highest BCUT2D eigenvalue weighted by molar-refractivity contribution is 7.89. The van der Waals surface area contributed by atoms with Crippen molar-refractivity contribution in [3.8, 4) is 0 Å². The molecule has 2 atom stereocenters. The maximum Gasteiger partial charge on any atom is 0.229 e. The largest absolute Gasteiger partial charge is 0.327 e. The van der Waals surface area contributed by atoms with Gasteiger partial charge in [0.2, 0.25) is 15.9 Å². The minimum absolute atomic E-state index is 0.0842. The molecule has 2 aliphatic rings. The number of nitrogens with zero attached hydrogens (tertiary/aromatic N) is 2. The van der Waals surface area contributed by atoms with Gasteiger partial charge < -0.3 is 5.73 Å². The van der Waals surface area contributed by atoms with Crippen molar-refractivity contribution in [1.82, 2.24) is 4.98 Å². The second-order valence-corrected chi connectivity index (χ2v) is 8.49. The number of carbonyl (C=O) groups is 1. The van der Waals surface area contributed by atoms with Crippen molar-refractivity contribution in [3.05, 3.63) is 10.6 Å². The van der Waals surface area contributed by atoms with E-state index in [0.29, 0.717) is 11.7 Å². The number of nitrogens with two attached hydrogens (primary N) is 2. The van der Waals surface area contributed by atoms with E-state index < -0.39 is 10.0 Å². The molecule has 21 heavy (non-hydrogen) atoms. The quantitative estimate of drug-likeness (QED) is 0.781. The lowest BCUT2D eigenvalue weighted by Gasteiger charge is -2.15. The van der Waals surface area contributed by atoms with Crippen LogP contribution in [0.4, 0.5) is 5.13 Å². The lowest BCUT2D eigenvalue weighted by atomic mass is 9.99. The van der Waals surface area contributed by atoms with Gasteiger partial charge in [0.05, 0.1) is 11.4 Å². The number of carbonyl (C=O) groups excluding carboxylic acids is 1. The van der Waals surface area contributed by atoms with E-state index in [0.717, 1.165) is 29.8 Å². The lowest BCUT2D eigenvalue weighted by Crippen LogP contribution is -2.27. The fourth-order valence-corrected chi connectivity index (χ4v) is 5.01. The van der Waals surface area contributed by atoms with Crippen molar-refractivity contribution in [2.24, 2.45) is 16.8 Å². The van der Waals surface area contributed by atoms with Crippen LogP contribution in [0.5, 0.6) is 0 Å². The van der Waals surface area contributed by atoms with E-state index in [-0.39, 0.29) is 30.0 Å². The summed E-state index contributed by atoms with van der Waals surface area (Å²) in [7, 11) is -3.56. The Morgan fingerprint density at radius 1 is 1.38 bits per heavy atom. The van der Waals surface area contributed by atoms with Crippen molar-refractivity contribution in [1.29, 1.82) is 0 Å². The van der Waals surface area contributed by atoms with E-state index in [2.05, 4.69) is 4.98 Å². The first-order valence-corrected chi connectivity index (χ1v) is 9.40. The zero-order valence-corrected chi connectivity index (χ0v) is 13.1. The van der Waals surface area contributed by atoms with Gasteiger partial charge in [-0.15, -0.1) is 11.3 Å². The van der Waals surface area contributed by atoms with E-state index >= 15 is 0 Å². The molecule has 1 fully saturated rings. The molecule has 0 bridgehead atoms. The minimum Gasteiger partial charge on any atom is -0.327 e. The molecule has 1 saturated heterocycles. The molecular formula is C12H18N4O3S2. The molecule has 0 radical (unpaired) electrons. The van der Waals surface area contributed by atoms with Crippen LogP contribution in [0.2, 0.25) is 0 Å². The molecule has 1 unspecified atom stereocenters. The molecule has 1 aromatic rings. The SMILES string of the molecule is N[C@H]1CCc2nc(N3CC(CS(N)(=O)=O)CC3=O)sc2C1. The van der Waals surface area contributed by atoms with Crippen LogP contribution < -0.4 is 15.8 Å². The average molecular weight is 330 g/mol. The molecule has 3 rings (SSSR count). The van der Waals surface area contributed by atoms with Crippen LogP contribution in [0.15, 0.2) is 0 Å². The smallest absolute Gasteiger partial charge is 0.229 e. The van der Waals surface area contributed by atoms with Gasteiger partial charge in [0, 0.05) is 29.8 Å². The Bertz CT molecular complexity index is 670. The number of aromatic nitrogens is 1. The Morgan fingerprint density at radius 3 is 2.86 bits per heavy atom. The summed E-state index contributed by atoms with van der Waals surface area (Å²) < 4.78 is 22.3. The van der Waals surface area contributed by atoms with Crippen molar-refractivity contribution >= 4 is 32.4 Å². The third-order valence-electron chi connectivity index (χ3n) is 3.87. The monoisotopic (exact) mass is 330 g/mol. The molecule has 1 aliphatic heterocycles. The van der Waals surface area contributed by atoms with E-state index in [1.54, 1.807) is 4.90 Å². The van der Waals surface area contributed by atoms with Crippen molar-refractivity contribution in [3.63, 3.8) is 0 Å². The number of hydrogen-bond donors (Lipinski definition) is 2. The zero-order valence-electron chi connectivity index (χ0n) is 11.5. The second kappa shape index (κ2) is 5.31. The van der Waals surface area contributed by atoms with Crippen molar-refractivity contribution in [2.45, 2.75) is 31.7 Å². The Balaban J connectivity index is 1.77. The highest BCUT2D eigenvalue weighted by Crippen LogP contribution is 2.34. The molecule has 0 saturated carbocycles. The Kier molecular flexibility index (Phi) is 3.76. The lowest BCUT2D eigenvalue weighted by molar-refractivity contribution is -0.117. The maximum atomic E-state index is 12.1. The third kappa shape index (κ3) is 3.25. The molecule has 4 N–H and O–H groups in total. The molecule has 0 spiro atoms. The summed E-state index contributed by atoms with van der Waals surface area (Å²) in [5.41, 5.74) is 6.98. The fraction of sp³-hybridized carbons (Fsp3) is 0.667. The topological polar surface area (TPSA) is 119 Å². The number of thiazole rings is 1. The summed E-state index contributed by atoms with van der Waals surface area (Å²) in [6.07, 6.45) is 2.77. The van der Waals surface area contributed by atoms with Gasteiger partial charge in [-0.2, -0.15) is 0 Å². The van der Waals surface area contributed by atoms with E-state index in [1.807, 2.05) is 0 Å². The maximum absolute atomic E-state index is 12.1. The molecule has 1 aliphatic carbocycles. The Morgan fingerprint density at radius 2 is 2.14 bits per heavy atom. The van der Waals surface area contributed by atoms with E-state index in [9.17, 15) is 13.2 Å². The first kappa shape index (κ1) is 14.9. The van der Waals surface area contributed by atoms with Gasteiger partial charge in [0.1, 0.15) is 0 Å². The number of primary sulfonamides is 1. The molecule has 7 nitrogen and oxygen atoms in total. The van der Waals surface area contributed by atoms with E-state index in [4.69, 9.17) is 10.9 Å². The summed E-state index contributed by atoms with van der Waals surface area (Å²) in [5, 5.41) is 5.72. The zero-order chi connectivity index (χ0) is 15.2. The molecule has 116 valence electrons. The summed E-state index contributed by atoms with van der Waals surface area (Å²) in [6.45, 7) is 0.369. The summed E-state index contributed by atoms with van der Waals surface area (Å²) in [5.74, 6) is -0.500. The number of sulfonamides is 1. The standard InChI is InChI=1S/C12H18N4O3S2/c13-8-1-2-9-10(4-8)20-12(15-9)16-5-7(3-11(16)17)6-21(14,18)19/h7-8H,1-6,13H2,(H2,14,18,19)/t7?,8-/m0/s1. The first-order valence-electron chi connectivity index (χ1n) is 6.87. The number of fused-ring (bicyclic) bond motifs is 1. The van der Waals surface area contributed by atoms with Crippen LogP contribution in [0.1, 0.15) is 23.4 Å². The minimum atomic E-state index is -3.56. The molecule has 1 amide bonds. The van der Waals surface area contributed by atoms with Crippen LogP contribution in [-0.4, -0.2) is 37.6 Å². The van der Waals surface area contributed by atoms with Gasteiger partial charge in [-0.3, -0.25) is 9.69 Å². The normalized spacial score (nSPS) is 26.2. The van der Waals surface area contributed by atoms with Crippen LogP contribution in [-0.2, 0) is 27.7 Å². The van der Waals surface area contributed by atoms with Gasteiger partial charge in [0.25, 0.3) is 0 Å². The number of anilines is 1. The van der Waals surface area contributed by atoms with Crippen LogP contribution >= 0.6 is 11.3 Å². The summed E-state index contributed by atoms with van der Waals surface area (Å²) in [6, 6.07) is 0.162. The molecular weight excluding hydrogens is 312 g/mol. The van der Waals surface area contributed by atoms with E-state index in [1.165, 1.54) is 11.3 Å². The molecule has 1 aromatic heterocycles. The van der Waals surface area contributed by atoms with Gasteiger partial charge in [-0.25, -0.2) is 18.5 Å². The van der Waals surface area contributed by atoms with Crippen LogP contribution in [0.25, 0.3) is 0 Å². The number of aryl methyl sites for hydroxylation is 1. The fourth-order valence-electron chi connectivity index (χ4n) is 2.91. The predicted octanol–water partition coefficient (Wildman–Crippen LogP) is -0.399. The highest BCUT2D eigenvalue weighted by atomic mass is 32.2. The van der Waals surface area contributed by atoms with Crippen molar-refractivity contribution in [2.75, 3.05) is 17.2 Å². The Labute approximate surface area is 127 Å². The van der Waals surface area contributed by atoms with Gasteiger partial charge >= 0.3 is 0 Å². The summed E-state index contributed by atoms with van der Waals surface area (Å²) >= 11 is 1.49. The van der Waals surface area contributed by atoms with Crippen molar-refractivity contribution < 1.29 is 13.2 Å². The second-order valence-electron chi connectivity index (χ2n) is 5.77. The third-order valence-corrected chi connectivity index (χ3v) is 5.95. The highest BCUT2D eigenvalue weighted by Gasteiger charge is 2.35. The number of amides is 1. The van der Waals surface area contributed by atoms with Gasteiger partial charge in [-0.05, 0) is 19.3 Å². The van der Waals surface area contributed by atoms with Crippen LogP contribution in [0.3, 0.4) is 0 Å². The Hall–Kier alpha value is -1.03. The van der Waals surface area contributed by atoms with Gasteiger partial charge in [0.15, 0.2) is 5.13 Å². The average Bonchev–Trinajstić information content (AvgIpc) is 2.89. The summed E-state index contributed by atoms with van der Waals surface area (Å²) in [4.78, 5) is 19.3. The number of hydrogen-bond acceptors (Lipinski definition) is 6. The molecule has 9 heteroatoms. The first-order chi connectivity index (χ1) is 9.82. The van der Waals surface area contributed by atoms with Crippen LogP contribution in [0, 0.1) is 5.92 Å². The number of rotatable bonds is 3. The van der Waals surface area contributed by atoms with Gasteiger partial charge in [-0.1, -0.05) is 0 Å².